The molecule has 6 aromatic rings. The summed E-state index contributed by atoms with van der Waals surface area (Å²) in [6.07, 6.45) is 8.42. The van der Waals surface area contributed by atoms with Crippen LogP contribution < -0.4 is 36.4 Å². The normalized spacial score (nSPS) is 11.1. The molecule has 0 saturated heterocycles. The summed E-state index contributed by atoms with van der Waals surface area (Å²) in [5, 5.41) is 21.1. The minimum Gasteiger partial charge on any atom is -0.494 e. The zero-order valence-corrected chi connectivity index (χ0v) is 34.3. The molecule has 6 N–H and O–H groups in total. The van der Waals surface area contributed by atoms with Crippen LogP contribution in [0.5, 0.6) is 5.75 Å². The van der Waals surface area contributed by atoms with Crippen LogP contribution in [0.3, 0.4) is 0 Å². The molecule has 0 atom stereocenters. The highest BCUT2D eigenvalue weighted by Gasteiger charge is 2.19. The van der Waals surface area contributed by atoms with Gasteiger partial charge in [0.05, 0.1) is 53.0 Å². The lowest BCUT2D eigenvalue weighted by Crippen LogP contribution is -2.34. The number of non-ortho nitro benzene ring substituents is 1. The molecule has 62 heavy (non-hydrogen) atoms. The number of sulfonamides is 1. The third-order valence-corrected chi connectivity index (χ3v) is 10.6. The number of pyridine rings is 1. The number of nitro benzene ring substituents is 1. The van der Waals surface area contributed by atoms with E-state index >= 15 is 0 Å². The Kier molecular flexibility index (Phi) is 15.1. The standard InChI is InChI=1S/C42H44N10O9S/c1-60-39-25-34(14-16-37(39)48-49-42(55)51-38-17-15-35(52(56)57)23-32(38)27-45-51)50-62(58,59)36-13-7-12-33(24-36)47-40(53)22-29-9-6-11-31(21-29)41(54)44-19-4-2-3-5-20-46-61-28-30-10-8-18-43-26-30/h6-18,21,23-27,46,48,50H,2-5,19-20,22,28H2,1H3,(H,44,54)(H,47,53)(H,49,55). The molecule has 20 heteroatoms. The number of nitrogens with one attached hydrogen (secondary N) is 6. The summed E-state index contributed by atoms with van der Waals surface area (Å²) in [4.78, 5) is 58.6. The van der Waals surface area contributed by atoms with Crippen LogP contribution >= 0.6 is 0 Å². The summed E-state index contributed by atoms with van der Waals surface area (Å²) in [6, 6.07) is 23.9. The summed E-state index contributed by atoms with van der Waals surface area (Å²) in [7, 11) is -2.79. The highest BCUT2D eigenvalue weighted by atomic mass is 32.2. The molecule has 0 saturated carbocycles. The summed E-state index contributed by atoms with van der Waals surface area (Å²) in [5.74, 6) is -0.476. The Bertz CT molecular complexity index is 2640. The minimum absolute atomic E-state index is 0.0553. The van der Waals surface area contributed by atoms with E-state index in [0.29, 0.717) is 35.2 Å². The number of methoxy groups -OCH3 is 1. The Hall–Kier alpha value is -7.42. The molecule has 4 aromatic carbocycles. The Morgan fingerprint density at radius 1 is 0.839 bits per heavy atom. The molecule has 19 nitrogen and oxygen atoms in total. The van der Waals surface area contributed by atoms with Gasteiger partial charge in [-0.3, -0.25) is 39.7 Å². The van der Waals surface area contributed by atoms with Crippen molar-refractivity contribution in [1.82, 2.24) is 31.0 Å². The topological polar surface area (TPSA) is 250 Å². The lowest BCUT2D eigenvalue weighted by Gasteiger charge is -2.15. The summed E-state index contributed by atoms with van der Waals surface area (Å²) >= 11 is 0. The summed E-state index contributed by atoms with van der Waals surface area (Å²) < 4.78 is 35.7. The fourth-order valence-electron chi connectivity index (χ4n) is 6.17. The van der Waals surface area contributed by atoms with Crippen LogP contribution in [0, 0.1) is 10.1 Å². The predicted octanol–water partition coefficient (Wildman–Crippen LogP) is 5.93. The van der Waals surface area contributed by atoms with E-state index < -0.39 is 26.9 Å². The first-order chi connectivity index (χ1) is 30.0. The van der Waals surface area contributed by atoms with Crippen molar-refractivity contribution in [2.24, 2.45) is 0 Å². The monoisotopic (exact) mass is 864 g/mol. The SMILES string of the molecule is COc1cc(NS(=O)(=O)c2cccc(NC(=O)Cc3cccc(C(=O)NCCCCCCNOCc4cccnc4)c3)c2)ccc1NNC(=O)n1ncc2cc([N+](=O)[O-])ccc21. The smallest absolute Gasteiger partial charge is 0.361 e. The number of nitrogens with zero attached hydrogens (tertiary/aromatic N) is 4. The van der Waals surface area contributed by atoms with Gasteiger partial charge in [-0.25, -0.2) is 24.1 Å². The quantitative estimate of drug-likeness (QED) is 0.0279. The maximum atomic E-state index is 13.4. The van der Waals surface area contributed by atoms with Crippen molar-refractivity contribution in [2.45, 2.75) is 43.6 Å². The Morgan fingerprint density at radius 3 is 2.44 bits per heavy atom. The first-order valence-corrected chi connectivity index (χ1v) is 20.9. The van der Waals surface area contributed by atoms with Gasteiger partial charge in [-0.05, 0) is 78.6 Å². The first-order valence-electron chi connectivity index (χ1n) is 19.4. The molecule has 0 fully saturated rings. The molecule has 0 aliphatic carbocycles. The van der Waals surface area contributed by atoms with E-state index in [9.17, 15) is 32.9 Å². The van der Waals surface area contributed by atoms with Crippen molar-refractivity contribution in [2.75, 3.05) is 35.7 Å². The molecule has 0 aliphatic rings. The lowest BCUT2D eigenvalue weighted by molar-refractivity contribution is -0.384. The second kappa shape index (κ2) is 21.2. The second-order valence-electron chi connectivity index (χ2n) is 13.8. The zero-order chi connectivity index (χ0) is 43.9. The fraction of sp³-hybridized carbons (Fsp3) is 0.214. The number of hydrogen-bond acceptors (Lipinski definition) is 13. The maximum absolute atomic E-state index is 13.4. The van der Waals surface area contributed by atoms with Gasteiger partial charge >= 0.3 is 6.03 Å². The Balaban J connectivity index is 0.943. The molecule has 3 amide bonds. The van der Waals surface area contributed by atoms with E-state index in [2.05, 4.69) is 41.8 Å². The zero-order valence-electron chi connectivity index (χ0n) is 33.5. The van der Waals surface area contributed by atoms with Crippen molar-refractivity contribution in [3.63, 3.8) is 0 Å². The van der Waals surface area contributed by atoms with E-state index in [4.69, 9.17) is 9.57 Å². The van der Waals surface area contributed by atoms with Gasteiger partial charge in [0.1, 0.15) is 5.75 Å². The third kappa shape index (κ3) is 12.3. The largest absolute Gasteiger partial charge is 0.494 e. The van der Waals surface area contributed by atoms with E-state index in [1.54, 1.807) is 42.7 Å². The highest BCUT2D eigenvalue weighted by Crippen LogP contribution is 2.29. The Morgan fingerprint density at radius 2 is 1.65 bits per heavy atom. The van der Waals surface area contributed by atoms with Crippen LogP contribution in [0.25, 0.3) is 10.9 Å². The number of hydroxylamine groups is 1. The van der Waals surface area contributed by atoms with Gasteiger partial charge in [0.2, 0.25) is 5.91 Å². The van der Waals surface area contributed by atoms with Crippen LogP contribution in [0.15, 0.2) is 121 Å². The lowest BCUT2D eigenvalue weighted by atomic mass is 10.1. The summed E-state index contributed by atoms with van der Waals surface area (Å²) in [5.41, 5.74) is 11.0. The van der Waals surface area contributed by atoms with E-state index in [0.717, 1.165) is 42.5 Å². The van der Waals surface area contributed by atoms with Gasteiger partial charge in [0, 0.05) is 60.3 Å². The molecule has 0 spiro atoms. The average Bonchev–Trinajstić information content (AvgIpc) is 3.70. The van der Waals surface area contributed by atoms with E-state index in [1.165, 1.54) is 67.9 Å². The van der Waals surface area contributed by atoms with E-state index in [-0.39, 0.29) is 45.7 Å². The molecule has 0 bridgehead atoms. The maximum Gasteiger partial charge on any atom is 0.361 e. The van der Waals surface area contributed by atoms with Gasteiger partial charge in [-0.1, -0.05) is 37.1 Å². The molecular formula is C42H44N10O9S. The summed E-state index contributed by atoms with van der Waals surface area (Å²) in [6.45, 7) is 1.69. The number of ether oxygens (including phenoxy) is 1. The van der Waals surface area contributed by atoms with Crippen molar-refractivity contribution < 1.29 is 37.3 Å². The molecule has 0 radical (unpaired) electrons. The van der Waals surface area contributed by atoms with Crippen molar-refractivity contribution >= 4 is 61.5 Å². The number of hydrogen-bond donors (Lipinski definition) is 6. The van der Waals surface area contributed by atoms with Crippen LogP contribution in [0.2, 0.25) is 0 Å². The van der Waals surface area contributed by atoms with Gasteiger partial charge < -0.3 is 15.4 Å². The average molecular weight is 865 g/mol. The van der Waals surface area contributed by atoms with E-state index in [1.807, 2.05) is 12.1 Å². The second-order valence-corrected chi connectivity index (χ2v) is 15.5. The molecule has 2 aromatic heterocycles. The molecular weight excluding hydrogens is 821 g/mol. The molecule has 0 unspecified atom stereocenters. The molecule has 0 aliphatic heterocycles. The number of hydrazine groups is 1. The molecule has 322 valence electrons. The number of aromatic nitrogens is 3. The highest BCUT2D eigenvalue weighted by molar-refractivity contribution is 7.92. The number of nitro groups is 1. The van der Waals surface area contributed by atoms with Crippen molar-refractivity contribution in [3.8, 4) is 5.75 Å². The number of unbranched alkanes of at least 4 members (excludes halogenated alkanes) is 3. The number of anilines is 3. The number of fused-ring (bicyclic) bond motifs is 1. The number of amides is 3. The fourth-order valence-corrected chi connectivity index (χ4v) is 7.26. The first kappa shape index (κ1) is 44.1. The van der Waals surface area contributed by atoms with Gasteiger partial charge in [0.25, 0.3) is 21.6 Å². The van der Waals surface area contributed by atoms with Crippen LogP contribution in [0.4, 0.5) is 27.5 Å². The number of benzene rings is 4. The van der Waals surface area contributed by atoms with Crippen molar-refractivity contribution in [1.29, 1.82) is 0 Å². The van der Waals surface area contributed by atoms with Crippen LogP contribution in [-0.2, 0) is 32.7 Å². The van der Waals surface area contributed by atoms with Gasteiger partial charge in [-0.2, -0.15) is 9.78 Å². The number of carbonyl (C=O) groups is 3. The third-order valence-electron chi connectivity index (χ3n) is 9.25. The van der Waals surface area contributed by atoms with Gasteiger partial charge in [0.15, 0.2) is 0 Å². The minimum atomic E-state index is -4.15. The number of carbonyl (C=O) groups excluding carboxylic acids is 3. The predicted molar refractivity (Wildman–Crippen MR) is 231 cm³/mol. The Labute approximate surface area is 356 Å². The van der Waals surface area contributed by atoms with Gasteiger partial charge in [-0.15, -0.1) is 0 Å². The number of rotatable bonds is 21. The van der Waals surface area contributed by atoms with Crippen LogP contribution in [0.1, 0.15) is 47.2 Å². The van der Waals surface area contributed by atoms with Crippen molar-refractivity contribution in [3.05, 3.63) is 142 Å². The van der Waals surface area contributed by atoms with Crippen LogP contribution in [-0.4, -0.2) is 66.2 Å². The molecule has 2 heterocycles. The molecule has 6 rings (SSSR count).